The number of aromatic nitrogens is 3. The maximum atomic E-state index is 12.2. The van der Waals surface area contributed by atoms with Crippen LogP contribution >= 0.6 is 34.7 Å². The fraction of sp³-hybridized carbons (Fsp3) is 0.235. The van der Waals surface area contributed by atoms with Gasteiger partial charge in [-0.25, -0.2) is 0 Å². The van der Waals surface area contributed by atoms with Gasteiger partial charge in [0, 0.05) is 16.8 Å². The smallest absolute Gasteiger partial charge is 0.234 e. The number of anilines is 1. The van der Waals surface area contributed by atoms with E-state index in [2.05, 4.69) is 33.9 Å². The van der Waals surface area contributed by atoms with Crippen LogP contribution < -0.4 is 5.32 Å². The summed E-state index contributed by atoms with van der Waals surface area (Å²) in [7, 11) is 0. The maximum Gasteiger partial charge on any atom is 0.234 e. The Balaban J connectivity index is 1.68. The Kier molecular flexibility index (Phi) is 5.78. The van der Waals surface area contributed by atoms with Crippen molar-refractivity contribution < 1.29 is 4.79 Å². The summed E-state index contributed by atoms with van der Waals surface area (Å²) >= 11 is 8.85. The first-order valence-corrected chi connectivity index (χ1v) is 9.96. The van der Waals surface area contributed by atoms with E-state index < -0.39 is 0 Å². The van der Waals surface area contributed by atoms with E-state index in [-0.39, 0.29) is 17.7 Å². The van der Waals surface area contributed by atoms with Crippen molar-refractivity contribution in [1.82, 2.24) is 14.8 Å². The second-order valence-electron chi connectivity index (χ2n) is 5.59. The first kappa shape index (κ1) is 18.0. The number of thiophene rings is 1. The number of nitrogens with zero attached hydrogens (tertiary/aromatic N) is 3. The van der Waals surface area contributed by atoms with Crippen LogP contribution in [0.1, 0.15) is 19.9 Å². The number of halogens is 1. The minimum absolute atomic E-state index is 0.0942. The van der Waals surface area contributed by atoms with E-state index in [1.807, 2.05) is 17.5 Å². The molecule has 3 aromatic rings. The van der Waals surface area contributed by atoms with Gasteiger partial charge in [0.2, 0.25) is 5.91 Å². The van der Waals surface area contributed by atoms with Gasteiger partial charge in [0.05, 0.1) is 10.6 Å². The van der Waals surface area contributed by atoms with Crippen molar-refractivity contribution in [3.63, 3.8) is 0 Å². The highest BCUT2D eigenvalue weighted by Crippen LogP contribution is 2.30. The van der Waals surface area contributed by atoms with Crippen LogP contribution in [-0.2, 0) is 4.79 Å². The second-order valence-corrected chi connectivity index (χ2v) is 7.92. The molecule has 1 aromatic carbocycles. The monoisotopic (exact) mass is 392 g/mol. The van der Waals surface area contributed by atoms with E-state index in [9.17, 15) is 4.79 Å². The first-order valence-electron chi connectivity index (χ1n) is 7.71. The van der Waals surface area contributed by atoms with Crippen LogP contribution in [0.25, 0.3) is 10.7 Å². The predicted octanol–water partition coefficient (Wildman–Crippen LogP) is 4.97. The van der Waals surface area contributed by atoms with E-state index in [0.717, 1.165) is 21.5 Å². The van der Waals surface area contributed by atoms with Crippen molar-refractivity contribution in [2.24, 2.45) is 0 Å². The zero-order chi connectivity index (χ0) is 17.8. The maximum absolute atomic E-state index is 12.2. The average molecular weight is 393 g/mol. The number of benzene rings is 1. The topological polar surface area (TPSA) is 59.8 Å². The van der Waals surface area contributed by atoms with Crippen LogP contribution in [0, 0.1) is 0 Å². The lowest BCUT2D eigenvalue weighted by atomic mass is 10.3. The molecule has 0 unspecified atom stereocenters. The predicted molar refractivity (Wildman–Crippen MR) is 105 cm³/mol. The fourth-order valence-corrected chi connectivity index (χ4v) is 3.97. The van der Waals surface area contributed by atoms with E-state index in [0.29, 0.717) is 5.02 Å². The SMILES string of the molecule is CC(C)n1c(SCC(=O)Nc2ccc(Cl)cc2)nnc1-c1cccs1. The molecule has 0 atom stereocenters. The third-order valence-corrected chi connectivity index (χ3v) is 5.44. The molecule has 2 heterocycles. The molecule has 0 saturated carbocycles. The molecule has 0 fully saturated rings. The summed E-state index contributed by atoms with van der Waals surface area (Å²) in [5.74, 6) is 1.01. The highest BCUT2D eigenvalue weighted by atomic mass is 35.5. The fourth-order valence-electron chi connectivity index (χ4n) is 2.28. The summed E-state index contributed by atoms with van der Waals surface area (Å²) in [4.78, 5) is 13.2. The van der Waals surface area contributed by atoms with Gasteiger partial charge in [-0.2, -0.15) is 0 Å². The van der Waals surface area contributed by atoms with Crippen molar-refractivity contribution in [3.8, 4) is 10.7 Å². The molecule has 0 saturated heterocycles. The highest BCUT2D eigenvalue weighted by molar-refractivity contribution is 7.99. The molecular formula is C17H17ClN4OS2. The molecule has 5 nitrogen and oxygen atoms in total. The summed E-state index contributed by atoms with van der Waals surface area (Å²) in [6, 6.07) is 11.3. The van der Waals surface area contributed by atoms with E-state index in [1.165, 1.54) is 11.8 Å². The molecule has 0 aliphatic rings. The molecule has 8 heteroatoms. The van der Waals surface area contributed by atoms with Gasteiger partial charge in [0.25, 0.3) is 0 Å². The van der Waals surface area contributed by atoms with Gasteiger partial charge in [-0.15, -0.1) is 21.5 Å². The number of hydrogen-bond donors (Lipinski definition) is 1. The molecule has 0 aliphatic carbocycles. The minimum Gasteiger partial charge on any atom is -0.325 e. The minimum atomic E-state index is -0.0942. The Labute approximate surface area is 159 Å². The summed E-state index contributed by atoms with van der Waals surface area (Å²) in [6.07, 6.45) is 0. The Morgan fingerprint density at radius 1 is 1.28 bits per heavy atom. The molecule has 0 bridgehead atoms. The highest BCUT2D eigenvalue weighted by Gasteiger charge is 2.18. The molecule has 1 amide bonds. The normalized spacial score (nSPS) is 11.0. The number of hydrogen-bond acceptors (Lipinski definition) is 5. The van der Waals surface area contributed by atoms with Gasteiger partial charge < -0.3 is 5.32 Å². The Morgan fingerprint density at radius 3 is 2.68 bits per heavy atom. The van der Waals surface area contributed by atoms with Crippen molar-refractivity contribution in [3.05, 3.63) is 46.8 Å². The lowest BCUT2D eigenvalue weighted by Gasteiger charge is -2.13. The Morgan fingerprint density at radius 2 is 2.04 bits per heavy atom. The average Bonchev–Trinajstić information content (AvgIpc) is 3.24. The quantitative estimate of drug-likeness (QED) is 0.601. The number of carbonyl (C=O) groups excluding carboxylic acids is 1. The van der Waals surface area contributed by atoms with Crippen LogP contribution in [-0.4, -0.2) is 26.4 Å². The Hall–Kier alpha value is -1.83. The largest absolute Gasteiger partial charge is 0.325 e. The molecule has 0 aliphatic heterocycles. The molecule has 2 aromatic heterocycles. The number of rotatable bonds is 6. The summed E-state index contributed by atoms with van der Waals surface area (Å²) < 4.78 is 2.06. The standard InChI is InChI=1S/C17H17ClN4OS2/c1-11(2)22-16(14-4-3-9-24-14)20-21-17(22)25-10-15(23)19-13-7-5-12(18)6-8-13/h3-9,11H,10H2,1-2H3,(H,19,23). The van der Waals surface area contributed by atoms with Crippen molar-refractivity contribution in [2.75, 3.05) is 11.1 Å². The van der Waals surface area contributed by atoms with Gasteiger partial charge >= 0.3 is 0 Å². The third kappa shape index (κ3) is 4.42. The first-order chi connectivity index (χ1) is 12.0. The van der Waals surface area contributed by atoms with Crippen molar-refractivity contribution >= 4 is 46.3 Å². The van der Waals surface area contributed by atoms with E-state index in [1.54, 1.807) is 35.6 Å². The number of amides is 1. The Bertz CT molecular complexity index is 844. The molecular weight excluding hydrogens is 376 g/mol. The third-order valence-electron chi connectivity index (χ3n) is 3.38. The van der Waals surface area contributed by atoms with Crippen LogP contribution in [0.2, 0.25) is 5.02 Å². The summed E-state index contributed by atoms with van der Waals surface area (Å²) in [5, 5.41) is 14.8. The number of nitrogens with one attached hydrogen (secondary N) is 1. The molecule has 3 rings (SSSR count). The molecule has 130 valence electrons. The molecule has 0 spiro atoms. The lowest BCUT2D eigenvalue weighted by molar-refractivity contribution is -0.113. The molecule has 25 heavy (non-hydrogen) atoms. The van der Waals surface area contributed by atoms with Gasteiger partial charge in [-0.3, -0.25) is 9.36 Å². The van der Waals surface area contributed by atoms with E-state index in [4.69, 9.17) is 11.6 Å². The lowest BCUT2D eigenvalue weighted by Crippen LogP contribution is -2.15. The van der Waals surface area contributed by atoms with Crippen molar-refractivity contribution in [2.45, 2.75) is 25.0 Å². The summed E-state index contributed by atoms with van der Waals surface area (Å²) in [6.45, 7) is 4.16. The van der Waals surface area contributed by atoms with Crippen LogP contribution in [0.5, 0.6) is 0 Å². The molecule has 0 radical (unpaired) electrons. The number of carbonyl (C=O) groups is 1. The van der Waals surface area contributed by atoms with Gasteiger partial charge in [-0.1, -0.05) is 29.4 Å². The zero-order valence-electron chi connectivity index (χ0n) is 13.8. The van der Waals surface area contributed by atoms with Crippen LogP contribution in [0.4, 0.5) is 5.69 Å². The van der Waals surface area contributed by atoms with Crippen LogP contribution in [0.3, 0.4) is 0 Å². The summed E-state index contributed by atoms with van der Waals surface area (Å²) in [5.41, 5.74) is 0.722. The van der Waals surface area contributed by atoms with Crippen molar-refractivity contribution in [1.29, 1.82) is 0 Å². The van der Waals surface area contributed by atoms with Gasteiger partial charge in [0.15, 0.2) is 11.0 Å². The van der Waals surface area contributed by atoms with Gasteiger partial charge in [-0.05, 0) is 49.6 Å². The van der Waals surface area contributed by atoms with Crippen LogP contribution in [0.15, 0.2) is 46.9 Å². The molecule has 1 N–H and O–H groups in total. The van der Waals surface area contributed by atoms with Gasteiger partial charge in [0.1, 0.15) is 0 Å². The van der Waals surface area contributed by atoms with E-state index >= 15 is 0 Å². The second kappa shape index (κ2) is 8.03. The number of thioether (sulfide) groups is 1. The zero-order valence-corrected chi connectivity index (χ0v) is 16.2.